The van der Waals surface area contributed by atoms with Crippen LogP contribution in [0.5, 0.6) is 0 Å². The number of rotatable bonds is 4. The van der Waals surface area contributed by atoms with Gasteiger partial charge in [0.15, 0.2) is 9.84 Å². The molecule has 6 heteroatoms. The van der Waals surface area contributed by atoms with Gasteiger partial charge in [-0.3, -0.25) is 4.90 Å². The van der Waals surface area contributed by atoms with Gasteiger partial charge in [0.1, 0.15) is 6.61 Å². The van der Waals surface area contributed by atoms with Gasteiger partial charge in [-0.2, -0.15) is 0 Å². The zero-order chi connectivity index (χ0) is 19.7. The molecule has 0 aliphatic carbocycles. The normalized spacial score (nSPS) is 21.3. The molecule has 5 nitrogen and oxygen atoms in total. The van der Waals surface area contributed by atoms with Crippen molar-refractivity contribution >= 4 is 21.5 Å². The van der Waals surface area contributed by atoms with Crippen molar-refractivity contribution in [3.05, 3.63) is 71.8 Å². The second-order valence-corrected chi connectivity index (χ2v) is 9.46. The monoisotopic (exact) mass is 397 g/mol. The Bertz CT molecular complexity index is 1010. The van der Waals surface area contributed by atoms with E-state index in [1.807, 2.05) is 41.3 Å². The molecule has 2 aliphatic rings. The summed E-state index contributed by atoms with van der Waals surface area (Å²) in [4.78, 5) is 14.8. The Morgan fingerprint density at radius 3 is 2.61 bits per heavy atom. The SMILES string of the molecule is CS(=O)(=O)c1cccc(C2=CC3CCC(C2)N3C(=O)OCc2ccccc2)c1. The molecule has 0 radical (unpaired) electrons. The fourth-order valence-corrected chi connectivity index (χ4v) is 4.72. The lowest BCUT2D eigenvalue weighted by Crippen LogP contribution is -2.43. The van der Waals surface area contributed by atoms with E-state index in [1.54, 1.807) is 18.2 Å². The van der Waals surface area contributed by atoms with Crippen LogP contribution < -0.4 is 0 Å². The van der Waals surface area contributed by atoms with Crippen LogP contribution in [0.1, 0.15) is 30.4 Å². The highest BCUT2D eigenvalue weighted by molar-refractivity contribution is 7.90. The van der Waals surface area contributed by atoms with Crippen LogP contribution in [-0.4, -0.2) is 37.8 Å². The average Bonchev–Trinajstić information content (AvgIpc) is 2.96. The van der Waals surface area contributed by atoms with Crippen molar-refractivity contribution in [3.8, 4) is 0 Å². The van der Waals surface area contributed by atoms with E-state index >= 15 is 0 Å². The summed E-state index contributed by atoms with van der Waals surface area (Å²) in [6, 6.07) is 16.8. The Hall–Kier alpha value is -2.60. The van der Waals surface area contributed by atoms with Gasteiger partial charge in [0, 0.05) is 12.3 Å². The number of ether oxygens (including phenoxy) is 1. The van der Waals surface area contributed by atoms with Crippen LogP contribution in [0.2, 0.25) is 0 Å². The fourth-order valence-electron chi connectivity index (χ4n) is 4.05. The van der Waals surface area contributed by atoms with Crippen LogP contribution in [0.25, 0.3) is 5.57 Å². The number of carbonyl (C=O) groups excluding carboxylic acids is 1. The molecule has 2 atom stereocenters. The first-order valence-corrected chi connectivity index (χ1v) is 11.3. The van der Waals surface area contributed by atoms with Crippen LogP contribution in [0.4, 0.5) is 4.79 Å². The molecule has 2 aromatic carbocycles. The first-order valence-electron chi connectivity index (χ1n) is 9.42. The zero-order valence-electron chi connectivity index (χ0n) is 15.7. The van der Waals surface area contributed by atoms with Gasteiger partial charge in [-0.25, -0.2) is 13.2 Å². The summed E-state index contributed by atoms with van der Waals surface area (Å²) in [7, 11) is -3.25. The average molecular weight is 397 g/mol. The standard InChI is InChI=1S/C22H23NO4S/c1-28(25,26)21-9-5-8-17(14-21)18-12-19-10-11-20(13-18)23(19)22(24)27-15-16-6-3-2-4-7-16/h2-9,12,14,19-20H,10-11,13,15H2,1H3. The molecule has 4 rings (SSSR count). The maximum atomic E-state index is 12.7. The smallest absolute Gasteiger partial charge is 0.410 e. The number of hydrogen-bond donors (Lipinski definition) is 0. The molecular weight excluding hydrogens is 374 g/mol. The molecule has 0 saturated carbocycles. The third-order valence-corrected chi connectivity index (χ3v) is 6.55. The lowest BCUT2D eigenvalue weighted by Gasteiger charge is -2.33. The molecule has 0 aromatic heterocycles. The van der Waals surface area contributed by atoms with Gasteiger partial charge in [0.05, 0.1) is 10.9 Å². The van der Waals surface area contributed by atoms with Crippen LogP contribution in [-0.2, 0) is 21.2 Å². The van der Waals surface area contributed by atoms with E-state index in [1.165, 1.54) is 6.26 Å². The van der Waals surface area contributed by atoms with Crippen molar-refractivity contribution in [2.75, 3.05) is 6.26 Å². The second kappa shape index (κ2) is 7.43. The van der Waals surface area contributed by atoms with Crippen molar-refractivity contribution < 1.29 is 17.9 Å². The highest BCUT2D eigenvalue weighted by Gasteiger charge is 2.40. The number of amides is 1. The molecule has 2 aliphatic heterocycles. The highest BCUT2D eigenvalue weighted by Crippen LogP contribution is 2.39. The molecule has 0 N–H and O–H groups in total. The number of benzene rings is 2. The van der Waals surface area contributed by atoms with Crippen molar-refractivity contribution in [2.45, 2.75) is 42.8 Å². The Morgan fingerprint density at radius 2 is 1.89 bits per heavy atom. The third kappa shape index (κ3) is 3.83. The van der Waals surface area contributed by atoms with Crippen LogP contribution in [0.3, 0.4) is 0 Å². The minimum Gasteiger partial charge on any atom is -0.445 e. The summed E-state index contributed by atoms with van der Waals surface area (Å²) in [6.45, 7) is 0.266. The summed E-state index contributed by atoms with van der Waals surface area (Å²) in [5.74, 6) is 0. The number of nitrogens with zero attached hydrogens (tertiary/aromatic N) is 1. The van der Waals surface area contributed by atoms with E-state index in [0.29, 0.717) is 11.3 Å². The number of carbonyl (C=O) groups is 1. The second-order valence-electron chi connectivity index (χ2n) is 7.44. The van der Waals surface area contributed by atoms with Crippen LogP contribution in [0.15, 0.2) is 65.6 Å². The molecule has 146 valence electrons. The molecule has 1 amide bonds. The molecule has 1 fully saturated rings. The van der Waals surface area contributed by atoms with Crippen molar-refractivity contribution in [2.24, 2.45) is 0 Å². The number of hydrogen-bond acceptors (Lipinski definition) is 4. The highest BCUT2D eigenvalue weighted by atomic mass is 32.2. The molecule has 1 saturated heterocycles. The van der Waals surface area contributed by atoms with Gasteiger partial charge in [-0.05, 0) is 48.1 Å². The topological polar surface area (TPSA) is 63.7 Å². The van der Waals surface area contributed by atoms with E-state index in [2.05, 4.69) is 6.08 Å². The van der Waals surface area contributed by atoms with Crippen LogP contribution in [0, 0.1) is 0 Å². The summed E-state index contributed by atoms with van der Waals surface area (Å²) in [5.41, 5.74) is 2.98. The van der Waals surface area contributed by atoms with Gasteiger partial charge < -0.3 is 4.74 Å². The summed E-state index contributed by atoms with van der Waals surface area (Å²) in [6.07, 6.45) is 5.57. The maximum absolute atomic E-state index is 12.7. The lowest BCUT2D eigenvalue weighted by molar-refractivity contribution is 0.0832. The third-order valence-electron chi connectivity index (χ3n) is 5.44. The Kier molecular flexibility index (Phi) is 4.98. The molecule has 2 bridgehead atoms. The van der Waals surface area contributed by atoms with Gasteiger partial charge in [-0.15, -0.1) is 0 Å². The Morgan fingerprint density at radius 1 is 1.11 bits per heavy atom. The van der Waals surface area contributed by atoms with Crippen molar-refractivity contribution in [3.63, 3.8) is 0 Å². The van der Waals surface area contributed by atoms with Gasteiger partial charge >= 0.3 is 6.09 Å². The first-order chi connectivity index (χ1) is 13.4. The Balaban J connectivity index is 1.50. The summed E-state index contributed by atoms with van der Waals surface area (Å²) in [5, 5.41) is 0. The predicted octanol–water partition coefficient (Wildman–Crippen LogP) is 4.05. The van der Waals surface area contributed by atoms with E-state index in [0.717, 1.165) is 29.5 Å². The van der Waals surface area contributed by atoms with Crippen molar-refractivity contribution in [1.82, 2.24) is 4.90 Å². The number of fused-ring (bicyclic) bond motifs is 2. The Labute approximate surface area is 165 Å². The summed E-state index contributed by atoms with van der Waals surface area (Å²) >= 11 is 0. The maximum Gasteiger partial charge on any atom is 0.410 e. The molecule has 28 heavy (non-hydrogen) atoms. The predicted molar refractivity (Wildman–Crippen MR) is 107 cm³/mol. The molecular formula is C22H23NO4S. The van der Waals surface area contributed by atoms with Crippen LogP contribution >= 0.6 is 0 Å². The van der Waals surface area contributed by atoms with Crippen molar-refractivity contribution in [1.29, 1.82) is 0 Å². The van der Waals surface area contributed by atoms with Gasteiger partial charge in [0.25, 0.3) is 0 Å². The summed E-state index contributed by atoms with van der Waals surface area (Å²) < 4.78 is 29.2. The number of sulfone groups is 1. The van der Waals surface area contributed by atoms with Gasteiger partial charge in [-0.1, -0.05) is 48.5 Å². The first kappa shape index (κ1) is 18.7. The molecule has 0 spiro atoms. The minimum absolute atomic E-state index is 0.00101. The van der Waals surface area contributed by atoms with E-state index < -0.39 is 9.84 Å². The quantitative estimate of drug-likeness (QED) is 0.781. The zero-order valence-corrected chi connectivity index (χ0v) is 16.6. The van der Waals surface area contributed by atoms with E-state index in [9.17, 15) is 13.2 Å². The van der Waals surface area contributed by atoms with E-state index in [-0.39, 0.29) is 24.8 Å². The molecule has 2 unspecified atom stereocenters. The fraction of sp³-hybridized carbons (Fsp3) is 0.318. The van der Waals surface area contributed by atoms with E-state index in [4.69, 9.17) is 4.74 Å². The molecule has 2 heterocycles. The van der Waals surface area contributed by atoms with Gasteiger partial charge in [0.2, 0.25) is 0 Å². The minimum atomic E-state index is -3.25. The largest absolute Gasteiger partial charge is 0.445 e. The molecule has 2 aromatic rings. The lowest BCUT2D eigenvalue weighted by atomic mass is 9.95.